The van der Waals surface area contributed by atoms with Crippen molar-refractivity contribution in [3.8, 4) is 23.6 Å². The molecule has 1 amide bonds. The molecule has 0 spiro atoms. The Balaban J connectivity index is 1.61. The summed E-state index contributed by atoms with van der Waals surface area (Å²) in [5.41, 5.74) is 3.94. The van der Waals surface area contributed by atoms with E-state index in [-0.39, 0.29) is 5.57 Å². The molecule has 3 aromatic rings. The van der Waals surface area contributed by atoms with Crippen molar-refractivity contribution in [2.75, 3.05) is 12.4 Å². The summed E-state index contributed by atoms with van der Waals surface area (Å²) in [6.07, 6.45) is 7.67. The SMILES string of the molecule is C=CCc1cc(/C=C(\C#N)C(=O)Nc2sc3c(c2C#N)CCCC3)cc(OC)c1OCc1ccccc1. The quantitative estimate of drug-likeness (QED) is 0.206. The summed E-state index contributed by atoms with van der Waals surface area (Å²) in [6.45, 7) is 4.21. The highest BCUT2D eigenvalue weighted by atomic mass is 32.1. The van der Waals surface area contributed by atoms with Crippen LogP contribution in [0.1, 0.15) is 45.5 Å². The Kier molecular flexibility index (Phi) is 8.40. The zero-order valence-corrected chi connectivity index (χ0v) is 21.5. The molecule has 1 heterocycles. The van der Waals surface area contributed by atoms with E-state index in [0.717, 1.165) is 47.3 Å². The first-order chi connectivity index (χ1) is 18.1. The van der Waals surface area contributed by atoms with Crippen LogP contribution in [0, 0.1) is 22.7 Å². The Morgan fingerprint density at radius 3 is 2.68 bits per heavy atom. The van der Waals surface area contributed by atoms with Crippen LogP contribution in [0.4, 0.5) is 5.00 Å². The van der Waals surface area contributed by atoms with E-state index in [2.05, 4.69) is 18.0 Å². The molecule has 1 aliphatic carbocycles. The van der Waals surface area contributed by atoms with Gasteiger partial charge in [-0.05, 0) is 67.0 Å². The fraction of sp³-hybridized carbons (Fsp3) is 0.233. The van der Waals surface area contributed by atoms with Gasteiger partial charge in [-0.15, -0.1) is 17.9 Å². The lowest BCUT2D eigenvalue weighted by molar-refractivity contribution is -0.112. The third-order valence-corrected chi connectivity index (χ3v) is 7.36. The largest absolute Gasteiger partial charge is 0.493 e. The molecule has 1 aliphatic rings. The fourth-order valence-electron chi connectivity index (χ4n) is 4.38. The Hall–Kier alpha value is -4.33. The molecule has 0 atom stereocenters. The Labute approximate surface area is 221 Å². The average Bonchev–Trinajstić information content (AvgIpc) is 3.28. The minimum atomic E-state index is -0.550. The van der Waals surface area contributed by atoms with E-state index in [4.69, 9.17) is 9.47 Å². The van der Waals surface area contributed by atoms with Gasteiger partial charge in [0.1, 0.15) is 29.3 Å². The van der Waals surface area contributed by atoms with E-state index in [1.54, 1.807) is 19.3 Å². The summed E-state index contributed by atoms with van der Waals surface area (Å²) in [5, 5.41) is 22.8. The number of hydrogen-bond acceptors (Lipinski definition) is 6. The second kappa shape index (κ2) is 12.1. The minimum absolute atomic E-state index is 0.0696. The number of nitrogens with zero attached hydrogens (tertiary/aromatic N) is 2. The van der Waals surface area contributed by atoms with Crippen LogP contribution in [0.2, 0.25) is 0 Å². The molecular formula is C30H27N3O3S. The smallest absolute Gasteiger partial charge is 0.266 e. The highest BCUT2D eigenvalue weighted by molar-refractivity contribution is 7.16. The van der Waals surface area contributed by atoms with E-state index >= 15 is 0 Å². The molecule has 4 rings (SSSR count). The van der Waals surface area contributed by atoms with Crippen molar-refractivity contribution in [1.82, 2.24) is 0 Å². The number of benzene rings is 2. The van der Waals surface area contributed by atoms with Crippen molar-refractivity contribution < 1.29 is 14.3 Å². The van der Waals surface area contributed by atoms with Crippen LogP contribution in [0.3, 0.4) is 0 Å². The van der Waals surface area contributed by atoms with Crippen molar-refractivity contribution in [2.24, 2.45) is 0 Å². The normalized spacial score (nSPS) is 12.6. The monoisotopic (exact) mass is 509 g/mol. The highest BCUT2D eigenvalue weighted by Crippen LogP contribution is 2.38. The number of amides is 1. The summed E-state index contributed by atoms with van der Waals surface area (Å²) in [5.74, 6) is 0.539. The highest BCUT2D eigenvalue weighted by Gasteiger charge is 2.23. The number of hydrogen-bond donors (Lipinski definition) is 1. The first kappa shape index (κ1) is 25.8. The molecule has 0 bridgehead atoms. The molecule has 186 valence electrons. The molecule has 2 aromatic carbocycles. The van der Waals surface area contributed by atoms with Crippen LogP contribution in [-0.2, 0) is 30.7 Å². The molecule has 0 saturated carbocycles. The number of nitriles is 2. The fourth-order valence-corrected chi connectivity index (χ4v) is 5.61. The number of allylic oxidation sites excluding steroid dienone is 1. The summed E-state index contributed by atoms with van der Waals surface area (Å²) in [6, 6.07) is 17.7. The number of nitrogens with one attached hydrogen (secondary N) is 1. The number of aryl methyl sites for hydroxylation is 1. The van der Waals surface area contributed by atoms with Crippen LogP contribution in [0.5, 0.6) is 11.5 Å². The summed E-state index contributed by atoms with van der Waals surface area (Å²) < 4.78 is 11.7. The van der Waals surface area contributed by atoms with E-state index < -0.39 is 5.91 Å². The maximum absolute atomic E-state index is 13.0. The van der Waals surface area contributed by atoms with Crippen LogP contribution >= 0.6 is 11.3 Å². The third-order valence-electron chi connectivity index (χ3n) is 6.15. The number of ether oxygens (including phenoxy) is 2. The van der Waals surface area contributed by atoms with E-state index in [0.29, 0.717) is 40.7 Å². The third kappa shape index (κ3) is 5.91. The van der Waals surface area contributed by atoms with Gasteiger partial charge in [0.05, 0.1) is 12.7 Å². The number of carbonyl (C=O) groups is 1. The number of fused-ring (bicyclic) bond motifs is 1. The van der Waals surface area contributed by atoms with Crippen LogP contribution in [0.25, 0.3) is 6.08 Å². The van der Waals surface area contributed by atoms with Gasteiger partial charge in [-0.3, -0.25) is 4.79 Å². The van der Waals surface area contributed by atoms with Gasteiger partial charge in [-0.25, -0.2) is 0 Å². The molecule has 0 radical (unpaired) electrons. The number of anilines is 1. The molecule has 6 nitrogen and oxygen atoms in total. The van der Waals surface area contributed by atoms with E-state index in [1.807, 2.05) is 42.5 Å². The molecule has 0 saturated heterocycles. The van der Waals surface area contributed by atoms with Gasteiger partial charge in [0, 0.05) is 10.4 Å². The minimum Gasteiger partial charge on any atom is -0.493 e. The van der Waals surface area contributed by atoms with Crippen LogP contribution in [0.15, 0.2) is 60.7 Å². The number of thiophene rings is 1. The Morgan fingerprint density at radius 2 is 1.97 bits per heavy atom. The molecule has 0 fully saturated rings. The summed E-state index contributed by atoms with van der Waals surface area (Å²) >= 11 is 1.43. The lowest BCUT2D eigenvalue weighted by Crippen LogP contribution is -2.13. The van der Waals surface area contributed by atoms with Gasteiger partial charge in [0.15, 0.2) is 11.5 Å². The van der Waals surface area contributed by atoms with Gasteiger partial charge in [-0.1, -0.05) is 36.4 Å². The number of carbonyl (C=O) groups excluding carboxylic acids is 1. The Bertz CT molecular complexity index is 1420. The van der Waals surface area contributed by atoms with Gasteiger partial charge < -0.3 is 14.8 Å². The molecular weight excluding hydrogens is 482 g/mol. The maximum Gasteiger partial charge on any atom is 0.266 e. The lowest BCUT2D eigenvalue weighted by Gasteiger charge is -2.16. The van der Waals surface area contributed by atoms with Crippen LogP contribution < -0.4 is 14.8 Å². The van der Waals surface area contributed by atoms with Gasteiger partial charge >= 0.3 is 0 Å². The molecule has 7 heteroatoms. The first-order valence-corrected chi connectivity index (χ1v) is 12.9. The van der Waals surface area contributed by atoms with Gasteiger partial charge in [0.25, 0.3) is 5.91 Å². The topological polar surface area (TPSA) is 95.1 Å². The van der Waals surface area contributed by atoms with Crippen molar-refractivity contribution in [3.05, 3.63) is 93.4 Å². The summed E-state index contributed by atoms with van der Waals surface area (Å²) in [7, 11) is 1.55. The summed E-state index contributed by atoms with van der Waals surface area (Å²) in [4.78, 5) is 14.2. The molecule has 1 N–H and O–H groups in total. The predicted octanol–water partition coefficient (Wildman–Crippen LogP) is 6.36. The second-order valence-corrected chi connectivity index (χ2v) is 9.73. The predicted molar refractivity (Wildman–Crippen MR) is 146 cm³/mol. The first-order valence-electron chi connectivity index (χ1n) is 12.0. The van der Waals surface area contributed by atoms with Gasteiger partial charge in [-0.2, -0.15) is 10.5 Å². The average molecular weight is 510 g/mol. The zero-order chi connectivity index (χ0) is 26.2. The molecule has 1 aromatic heterocycles. The van der Waals surface area contributed by atoms with E-state index in [9.17, 15) is 15.3 Å². The lowest BCUT2D eigenvalue weighted by atomic mass is 9.96. The van der Waals surface area contributed by atoms with Crippen molar-refractivity contribution in [2.45, 2.75) is 38.7 Å². The van der Waals surface area contributed by atoms with Crippen LogP contribution in [-0.4, -0.2) is 13.0 Å². The number of methoxy groups -OCH3 is 1. The standard InChI is InChI=1S/C30H27N3O3S/c1-3-9-22-14-21(16-26(35-2)28(22)36-19-20-10-5-4-6-11-20)15-23(17-31)29(34)33-30-25(18-32)24-12-7-8-13-27(24)37-30/h3-6,10-11,14-16H,1,7-9,12-13,19H2,2H3,(H,33,34)/b23-15+. The maximum atomic E-state index is 13.0. The van der Waals surface area contributed by atoms with Gasteiger partial charge in [0.2, 0.25) is 0 Å². The number of rotatable bonds is 9. The van der Waals surface area contributed by atoms with E-state index in [1.165, 1.54) is 17.4 Å². The zero-order valence-electron chi connectivity index (χ0n) is 20.7. The van der Waals surface area contributed by atoms with Crippen molar-refractivity contribution in [3.63, 3.8) is 0 Å². The second-order valence-electron chi connectivity index (χ2n) is 8.63. The molecule has 0 aliphatic heterocycles. The Morgan fingerprint density at radius 1 is 1.19 bits per heavy atom. The van der Waals surface area contributed by atoms with Crippen molar-refractivity contribution in [1.29, 1.82) is 10.5 Å². The molecule has 37 heavy (non-hydrogen) atoms. The van der Waals surface area contributed by atoms with Crippen molar-refractivity contribution >= 4 is 28.3 Å². The molecule has 0 unspecified atom stereocenters.